The third kappa shape index (κ3) is 4.68. The SMILES string of the molecule is Cc1ccccc1CNC(=O)[C@@]1(C)CCCN(C(=O)Nc2ccc(F)cc2)C1. The third-order valence-electron chi connectivity index (χ3n) is 5.33. The summed E-state index contributed by atoms with van der Waals surface area (Å²) in [5, 5.41) is 5.80. The van der Waals surface area contributed by atoms with Gasteiger partial charge in [0.05, 0.1) is 5.41 Å². The maximum Gasteiger partial charge on any atom is 0.321 e. The molecule has 0 bridgehead atoms. The molecule has 1 heterocycles. The van der Waals surface area contributed by atoms with Crippen molar-refractivity contribution in [3.63, 3.8) is 0 Å². The van der Waals surface area contributed by atoms with E-state index in [4.69, 9.17) is 0 Å². The number of amides is 3. The lowest BCUT2D eigenvalue weighted by Gasteiger charge is -2.39. The number of halogens is 1. The molecule has 2 N–H and O–H groups in total. The van der Waals surface area contributed by atoms with Crippen molar-refractivity contribution in [2.75, 3.05) is 18.4 Å². The van der Waals surface area contributed by atoms with Crippen LogP contribution in [0.3, 0.4) is 0 Å². The molecule has 1 fully saturated rings. The number of benzene rings is 2. The van der Waals surface area contributed by atoms with Crippen LogP contribution in [0, 0.1) is 18.2 Å². The van der Waals surface area contributed by atoms with Crippen molar-refractivity contribution in [1.29, 1.82) is 0 Å². The van der Waals surface area contributed by atoms with E-state index in [0.717, 1.165) is 24.0 Å². The van der Waals surface area contributed by atoms with Gasteiger partial charge in [-0.2, -0.15) is 0 Å². The van der Waals surface area contributed by atoms with E-state index >= 15 is 0 Å². The van der Waals surface area contributed by atoms with E-state index in [-0.39, 0.29) is 17.8 Å². The number of anilines is 1. The Labute approximate surface area is 164 Å². The number of rotatable bonds is 4. The van der Waals surface area contributed by atoms with Gasteiger partial charge >= 0.3 is 6.03 Å². The van der Waals surface area contributed by atoms with Crippen molar-refractivity contribution in [1.82, 2.24) is 10.2 Å². The Kier molecular flexibility index (Phi) is 5.97. The Morgan fingerprint density at radius 2 is 1.86 bits per heavy atom. The zero-order chi connectivity index (χ0) is 20.1. The highest BCUT2D eigenvalue weighted by Crippen LogP contribution is 2.30. The van der Waals surface area contributed by atoms with Crippen molar-refractivity contribution < 1.29 is 14.0 Å². The van der Waals surface area contributed by atoms with Crippen molar-refractivity contribution >= 4 is 17.6 Å². The van der Waals surface area contributed by atoms with Gasteiger partial charge in [0.25, 0.3) is 0 Å². The predicted molar refractivity (Wildman–Crippen MR) is 107 cm³/mol. The second-order valence-electron chi connectivity index (χ2n) is 7.63. The second kappa shape index (κ2) is 8.42. The summed E-state index contributed by atoms with van der Waals surface area (Å²) in [4.78, 5) is 27.1. The fourth-order valence-electron chi connectivity index (χ4n) is 3.53. The Hall–Kier alpha value is -2.89. The maximum absolute atomic E-state index is 13.0. The topological polar surface area (TPSA) is 61.4 Å². The van der Waals surface area contributed by atoms with Gasteiger partial charge in [-0.15, -0.1) is 0 Å². The van der Waals surface area contributed by atoms with Crippen molar-refractivity contribution in [3.05, 3.63) is 65.5 Å². The first-order valence-corrected chi connectivity index (χ1v) is 9.52. The van der Waals surface area contributed by atoms with E-state index in [0.29, 0.717) is 25.3 Å². The van der Waals surface area contributed by atoms with Crippen LogP contribution in [0.1, 0.15) is 30.9 Å². The van der Waals surface area contributed by atoms with E-state index in [1.807, 2.05) is 38.1 Å². The number of aryl methyl sites for hydroxylation is 1. The van der Waals surface area contributed by atoms with Gasteiger partial charge in [-0.05, 0) is 62.1 Å². The molecular weight excluding hydrogens is 357 g/mol. The lowest BCUT2D eigenvalue weighted by molar-refractivity contribution is -0.132. The fraction of sp³-hybridized carbons (Fsp3) is 0.364. The molecule has 0 aliphatic carbocycles. The molecule has 3 amide bonds. The molecule has 1 aliphatic heterocycles. The Morgan fingerprint density at radius 1 is 1.14 bits per heavy atom. The summed E-state index contributed by atoms with van der Waals surface area (Å²) < 4.78 is 13.0. The molecule has 1 saturated heterocycles. The number of nitrogens with zero attached hydrogens (tertiary/aromatic N) is 1. The van der Waals surface area contributed by atoms with Crippen LogP contribution in [-0.4, -0.2) is 29.9 Å². The second-order valence-corrected chi connectivity index (χ2v) is 7.63. The molecule has 0 radical (unpaired) electrons. The monoisotopic (exact) mass is 383 g/mol. The van der Waals surface area contributed by atoms with Crippen LogP contribution in [0.4, 0.5) is 14.9 Å². The Morgan fingerprint density at radius 3 is 2.57 bits per heavy atom. The quantitative estimate of drug-likeness (QED) is 0.836. The van der Waals surface area contributed by atoms with Gasteiger partial charge in [0.15, 0.2) is 0 Å². The summed E-state index contributed by atoms with van der Waals surface area (Å²) in [6.07, 6.45) is 1.48. The molecule has 0 aromatic heterocycles. The van der Waals surface area contributed by atoms with E-state index in [2.05, 4.69) is 10.6 Å². The molecule has 2 aromatic carbocycles. The number of piperidine rings is 1. The van der Waals surface area contributed by atoms with Gasteiger partial charge < -0.3 is 15.5 Å². The molecule has 1 aliphatic rings. The summed E-state index contributed by atoms with van der Waals surface area (Å²) >= 11 is 0. The van der Waals surface area contributed by atoms with Gasteiger partial charge in [-0.1, -0.05) is 24.3 Å². The number of nitrogens with one attached hydrogen (secondary N) is 2. The molecule has 0 spiro atoms. The maximum atomic E-state index is 13.0. The fourth-order valence-corrected chi connectivity index (χ4v) is 3.53. The lowest BCUT2D eigenvalue weighted by Crippen LogP contribution is -2.52. The van der Waals surface area contributed by atoms with Crippen molar-refractivity contribution in [3.8, 4) is 0 Å². The molecule has 5 nitrogen and oxygen atoms in total. The van der Waals surface area contributed by atoms with Crippen molar-refractivity contribution in [2.24, 2.45) is 5.41 Å². The van der Waals surface area contributed by atoms with Crippen LogP contribution >= 0.6 is 0 Å². The highest BCUT2D eigenvalue weighted by molar-refractivity contribution is 5.90. The molecule has 3 rings (SSSR count). The van der Waals surface area contributed by atoms with E-state index in [1.54, 1.807) is 4.90 Å². The molecule has 0 unspecified atom stereocenters. The molecule has 0 saturated carbocycles. The lowest BCUT2D eigenvalue weighted by atomic mass is 9.81. The molecule has 2 aromatic rings. The zero-order valence-corrected chi connectivity index (χ0v) is 16.3. The predicted octanol–water partition coefficient (Wildman–Crippen LogP) is 4.08. The first-order valence-electron chi connectivity index (χ1n) is 9.52. The van der Waals surface area contributed by atoms with E-state index in [9.17, 15) is 14.0 Å². The average Bonchev–Trinajstić information content (AvgIpc) is 2.69. The summed E-state index contributed by atoms with van der Waals surface area (Å²) in [6, 6.07) is 13.3. The Bertz CT molecular complexity index is 853. The van der Waals surface area contributed by atoms with Crippen molar-refractivity contribution in [2.45, 2.75) is 33.2 Å². The van der Waals surface area contributed by atoms with Crippen LogP contribution in [0.2, 0.25) is 0 Å². The minimum absolute atomic E-state index is 0.0463. The van der Waals surface area contributed by atoms with Gasteiger partial charge in [0.1, 0.15) is 5.82 Å². The summed E-state index contributed by atoms with van der Waals surface area (Å²) in [7, 11) is 0. The number of carbonyl (C=O) groups excluding carboxylic acids is 2. The highest BCUT2D eigenvalue weighted by Gasteiger charge is 2.39. The number of carbonyl (C=O) groups is 2. The normalized spacial score (nSPS) is 19.2. The number of hydrogen-bond acceptors (Lipinski definition) is 2. The molecule has 6 heteroatoms. The molecular formula is C22H26FN3O2. The molecule has 148 valence electrons. The van der Waals surface area contributed by atoms with Crippen LogP contribution in [0.25, 0.3) is 0 Å². The first kappa shape index (κ1) is 19.9. The zero-order valence-electron chi connectivity index (χ0n) is 16.3. The van der Waals surface area contributed by atoms with Gasteiger partial charge in [-0.25, -0.2) is 9.18 Å². The minimum Gasteiger partial charge on any atom is -0.351 e. The number of hydrogen-bond donors (Lipinski definition) is 2. The van der Waals surface area contributed by atoms with E-state index in [1.165, 1.54) is 24.3 Å². The van der Waals surface area contributed by atoms with Crippen LogP contribution in [0.5, 0.6) is 0 Å². The summed E-state index contributed by atoms with van der Waals surface area (Å²) in [6.45, 7) is 5.33. The van der Waals surface area contributed by atoms with E-state index < -0.39 is 5.41 Å². The van der Waals surface area contributed by atoms with Crippen LogP contribution in [-0.2, 0) is 11.3 Å². The average molecular weight is 383 g/mol. The molecule has 28 heavy (non-hydrogen) atoms. The third-order valence-corrected chi connectivity index (χ3v) is 5.33. The van der Waals surface area contributed by atoms with Gasteiger partial charge in [0, 0.05) is 25.3 Å². The van der Waals surface area contributed by atoms with Gasteiger partial charge in [-0.3, -0.25) is 4.79 Å². The molecule has 1 atom stereocenters. The summed E-state index contributed by atoms with van der Waals surface area (Å²) in [5.41, 5.74) is 2.11. The van der Waals surface area contributed by atoms with Crippen LogP contribution < -0.4 is 10.6 Å². The smallest absolute Gasteiger partial charge is 0.321 e. The standard InChI is InChI=1S/C22H26FN3O2/c1-16-6-3-4-7-17(16)14-24-20(27)22(2)12-5-13-26(15-22)21(28)25-19-10-8-18(23)9-11-19/h3-4,6-11H,5,12-15H2,1-2H3,(H,24,27)(H,25,28)/t22-/m0/s1. The highest BCUT2D eigenvalue weighted by atomic mass is 19.1. The largest absolute Gasteiger partial charge is 0.351 e. The number of likely N-dealkylation sites (tertiary alicyclic amines) is 1. The number of urea groups is 1. The first-order chi connectivity index (χ1) is 13.4. The van der Waals surface area contributed by atoms with Gasteiger partial charge in [0.2, 0.25) is 5.91 Å². The summed E-state index contributed by atoms with van der Waals surface area (Å²) in [5.74, 6) is -0.399. The minimum atomic E-state index is -0.638. The Balaban J connectivity index is 1.60. The van der Waals surface area contributed by atoms with Crippen LogP contribution in [0.15, 0.2) is 48.5 Å².